The van der Waals surface area contributed by atoms with Crippen LogP contribution in [0.4, 0.5) is 0 Å². The highest BCUT2D eigenvalue weighted by molar-refractivity contribution is 5.02. The minimum Gasteiger partial charge on any atom is -0.392 e. The van der Waals surface area contributed by atoms with Crippen LogP contribution < -0.4 is 0 Å². The topological polar surface area (TPSA) is 23.5 Å². The van der Waals surface area contributed by atoms with Crippen LogP contribution in [0.3, 0.4) is 0 Å². The Morgan fingerprint density at radius 2 is 1.92 bits per heavy atom. The monoisotopic (exact) mass is 171 g/mol. The van der Waals surface area contributed by atoms with Crippen molar-refractivity contribution in [1.29, 1.82) is 0 Å². The van der Waals surface area contributed by atoms with Crippen molar-refractivity contribution in [3.8, 4) is 0 Å². The summed E-state index contributed by atoms with van der Waals surface area (Å²) < 4.78 is 0. The summed E-state index contributed by atoms with van der Waals surface area (Å²) in [5.74, 6) is 0. The predicted octanol–water partition coefficient (Wildman–Crippen LogP) is 1.49. The summed E-state index contributed by atoms with van der Waals surface area (Å²) in [5.41, 5.74) is 0.340. The first-order chi connectivity index (χ1) is 5.73. The van der Waals surface area contributed by atoms with E-state index in [4.69, 9.17) is 0 Å². The van der Waals surface area contributed by atoms with Crippen LogP contribution >= 0.6 is 0 Å². The Bertz CT molecular complexity index is 143. The van der Waals surface area contributed by atoms with Gasteiger partial charge in [0.05, 0.1) is 6.10 Å². The van der Waals surface area contributed by atoms with Crippen molar-refractivity contribution in [3.63, 3.8) is 0 Å². The van der Waals surface area contributed by atoms with Gasteiger partial charge in [-0.25, -0.2) is 0 Å². The van der Waals surface area contributed by atoms with Crippen LogP contribution in [0.25, 0.3) is 0 Å². The summed E-state index contributed by atoms with van der Waals surface area (Å²) in [7, 11) is 2.14. The number of rotatable bonds is 0. The molecule has 1 atom stereocenters. The van der Waals surface area contributed by atoms with Gasteiger partial charge in [0.1, 0.15) is 0 Å². The molecule has 2 nitrogen and oxygen atoms in total. The molecule has 1 N–H and O–H groups in total. The molecule has 1 heterocycles. The molecular weight excluding hydrogens is 150 g/mol. The quantitative estimate of drug-likeness (QED) is 0.597. The first-order valence-corrected chi connectivity index (χ1v) is 5.10. The minimum absolute atomic E-state index is 0.00343. The number of aliphatic hydroxyl groups is 1. The van der Waals surface area contributed by atoms with Gasteiger partial charge in [0.2, 0.25) is 0 Å². The molecule has 2 heteroatoms. The highest BCUT2D eigenvalue weighted by atomic mass is 16.3. The van der Waals surface area contributed by atoms with E-state index in [1.807, 2.05) is 13.8 Å². The highest BCUT2D eigenvalue weighted by Crippen LogP contribution is 2.51. The first-order valence-electron chi connectivity index (χ1n) is 5.10. The summed E-state index contributed by atoms with van der Waals surface area (Å²) in [6.45, 7) is 6.19. The van der Waals surface area contributed by atoms with Crippen LogP contribution in [0, 0.1) is 5.41 Å². The third-order valence-electron chi connectivity index (χ3n) is 2.97. The van der Waals surface area contributed by atoms with Crippen molar-refractivity contribution >= 4 is 0 Å². The van der Waals surface area contributed by atoms with Crippen LogP contribution in [0.5, 0.6) is 0 Å². The van der Waals surface area contributed by atoms with E-state index in [1.165, 1.54) is 12.8 Å². The molecule has 1 unspecified atom stereocenters. The summed E-state index contributed by atoms with van der Waals surface area (Å²) in [4.78, 5) is 2.33. The van der Waals surface area contributed by atoms with Gasteiger partial charge in [0.15, 0.2) is 0 Å². The second-order valence-corrected chi connectivity index (χ2v) is 3.90. The summed E-state index contributed by atoms with van der Waals surface area (Å²) in [5, 5.41) is 9.59. The summed E-state index contributed by atoms with van der Waals surface area (Å²) in [6.07, 6.45) is 3.48. The Morgan fingerprint density at radius 3 is 2.33 bits per heavy atom. The molecule has 2 fully saturated rings. The van der Waals surface area contributed by atoms with Crippen LogP contribution in [0.15, 0.2) is 0 Å². The van der Waals surface area contributed by atoms with E-state index < -0.39 is 0 Å². The van der Waals surface area contributed by atoms with Gasteiger partial charge in [0.25, 0.3) is 0 Å². The van der Waals surface area contributed by atoms with Gasteiger partial charge in [-0.1, -0.05) is 13.8 Å². The fraction of sp³-hybridized carbons (Fsp3) is 1.00. The normalized spacial score (nSPS) is 32.5. The molecule has 1 spiro atoms. The smallest absolute Gasteiger partial charge is 0.0620 e. The maximum Gasteiger partial charge on any atom is 0.0620 e. The van der Waals surface area contributed by atoms with Crippen LogP contribution in [-0.4, -0.2) is 36.2 Å². The highest BCUT2D eigenvalue weighted by Gasteiger charge is 2.50. The zero-order valence-corrected chi connectivity index (χ0v) is 8.51. The third kappa shape index (κ3) is 1.80. The maximum atomic E-state index is 9.59. The molecular formula is C10H21NO. The molecule has 0 aromatic heterocycles. The Balaban J connectivity index is 0.000000336. The number of hydrogen-bond acceptors (Lipinski definition) is 2. The van der Waals surface area contributed by atoms with Crippen molar-refractivity contribution in [2.45, 2.75) is 39.2 Å². The zero-order chi connectivity index (χ0) is 9.19. The lowest BCUT2D eigenvalue weighted by atomic mass is 9.92. The van der Waals surface area contributed by atoms with Gasteiger partial charge in [-0.2, -0.15) is 0 Å². The Kier molecular flexibility index (Phi) is 3.13. The van der Waals surface area contributed by atoms with Crippen molar-refractivity contribution in [2.75, 3.05) is 20.1 Å². The molecule has 1 aliphatic carbocycles. The van der Waals surface area contributed by atoms with E-state index in [0.717, 1.165) is 19.5 Å². The molecule has 0 amide bonds. The lowest BCUT2D eigenvalue weighted by molar-refractivity contribution is 0.0216. The molecule has 0 radical (unpaired) electrons. The van der Waals surface area contributed by atoms with E-state index in [1.54, 1.807) is 0 Å². The van der Waals surface area contributed by atoms with E-state index in [2.05, 4.69) is 11.9 Å². The van der Waals surface area contributed by atoms with Crippen molar-refractivity contribution in [1.82, 2.24) is 4.90 Å². The standard InChI is InChI=1S/C8H15NO.C2H6/c1-9-5-2-7(10)8(6-9)3-4-8;1-2/h7,10H,2-6H2,1H3;1-2H3. The van der Waals surface area contributed by atoms with Gasteiger partial charge in [-0.3, -0.25) is 0 Å². The average molecular weight is 171 g/mol. The minimum atomic E-state index is 0.00343. The Hall–Kier alpha value is -0.0800. The zero-order valence-electron chi connectivity index (χ0n) is 8.51. The largest absolute Gasteiger partial charge is 0.392 e. The van der Waals surface area contributed by atoms with Crippen LogP contribution in [-0.2, 0) is 0 Å². The Labute approximate surface area is 75.6 Å². The molecule has 1 saturated carbocycles. The molecule has 1 saturated heterocycles. The second-order valence-electron chi connectivity index (χ2n) is 3.90. The number of hydrogen-bond donors (Lipinski definition) is 1. The fourth-order valence-electron chi connectivity index (χ4n) is 2.02. The van der Waals surface area contributed by atoms with E-state index in [-0.39, 0.29) is 6.10 Å². The summed E-state index contributed by atoms with van der Waals surface area (Å²) in [6, 6.07) is 0. The molecule has 0 aromatic carbocycles. The summed E-state index contributed by atoms with van der Waals surface area (Å²) >= 11 is 0. The number of piperidine rings is 1. The third-order valence-corrected chi connectivity index (χ3v) is 2.97. The lowest BCUT2D eigenvalue weighted by Gasteiger charge is -2.34. The number of nitrogens with zero attached hydrogens (tertiary/aromatic N) is 1. The van der Waals surface area contributed by atoms with Crippen molar-refractivity contribution < 1.29 is 5.11 Å². The van der Waals surface area contributed by atoms with Crippen molar-refractivity contribution in [3.05, 3.63) is 0 Å². The van der Waals surface area contributed by atoms with Gasteiger partial charge in [0, 0.05) is 18.5 Å². The van der Waals surface area contributed by atoms with Gasteiger partial charge >= 0.3 is 0 Å². The first kappa shape index (κ1) is 10.0. The second kappa shape index (κ2) is 3.75. The molecule has 0 bridgehead atoms. The number of likely N-dealkylation sites (tertiary alicyclic amines) is 1. The molecule has 0 aromatic rings. The van der Waals surface area contributed by atoms with Crippen molar-refractivity contribution in [2.24, 2.45) is 5.41 Å². The van der Waals surface area contributed by atoms with Gasteiger partial charge in [-0.05, 0) is 26.3 Å². The van der Waals surface area contributed by atoms with Gasteiger partial charge < -0.3 is 10.0 Å². The van der Waals surface area contributed by atoms with Crippen LogP contribution in [0.1, 0.15) is 33.1 Å². The van der Waals surface area contributed by atoms with E-state index in [0.29, 0.717) is 5.41 Å². The lowest BCUT2D eigenvalue weighted by Crippen LogP contribution is -2.42. The Morgan fingerprint density at radius 1 is 1.33 bits per heavy atom. The predicted molar refractivity (Wildman–Crippen MR) is 51.1 cm³/mol. The fourth-order valence-corrected chi connectivity index (χ4v) is 2.02. The SMILES string of the molecule is CC.CN1CCC(O)C2(CC2)C1. The molecule has 2 aliphatic rings. The molecule has 12 heavy (non-hydrogen) atoms. The molecule has 72 valence electrons. The number of aliphatic hydroxyl groups excluding tert-OH is 1. The van der Waals surface area contributed by atoms with E-state index in [9.17, 15) is 5.11 Å². The maximum absolute atomic E-state index is 9.59. The van der Waals surface area contributed by atoms with E-state index >= 15 is 0 Å². The average Bonchev–Trinajstić information content (AvgIpc) is 2.83. The van der Waals surface area contributed by atoms with Crippen LogP contribution in [0.2, 0.25) is 0 Å². The van der Waals surface area contributed by atoms with Gasteiger partial charge in [-0.15, -0.1) is 0 Å². The molecule has 1 aliphatic heterocycles. The molecule has 2 rings (SSSR count).